The Morgan fingerprint density at radius 3 is 2.08 bits per heavy atom. The Kier molecular flexibility index (Phi) is 5.00. The molecule has 0 saturated heterocycles. The number of imide groups is 1. The summed E-state index contributed by atoms with van der Waals surface area (Å²) in [5.74, 6) is -0.634. The van der Waals surface area contributed by atoms with Gasteiger partial charge in [-0.15, -0.1) is 11.6 Å². The number of rotatable bonds is 5. The van der Waals surface area contributed by atoms with Crippen molar-refractivity contribution in [2.45, 2.75) is 6.10 Å². The fraction of sp³-hybridized carbons (Fsp3) is 0.167. The summed E-state index contributed by atoms with van der Waals surface area (Å²) in [7, 11) is 0. The number of alkyl halides is 1. The van der Waals surface area contributed by atoms with Crippen LogP contribution in [0, 0.1) is 0 Å². The van der Waals surface area contributed by atoms with Crippen LogP contribution in [0.1, 0.15) is 20.7 Å². The lowest BCUT2D eigenvalue weighted by atomic mass is 10.1. The van der Waals surface area contributed by atoms with E-state index in [2.05, 4.69) is 0 Å². The van der Waals surface area contributed by atoms with Crippen LogP contribution in [0.3, 0.4) is 0 Å². The minimum atomic E-state index is -0.951. The van der Waals surface area contributed by atoms with Gasteiger partial charge in [0.05, 0.1) is 23.6 Å². The van der Waals surface area contributed by atoms with Crippen molar-refractivity contribution >= 4 is 29.6 Å². The molecule has 0 aromatic heterocycles. The van der Waals surface area contributed by atoms with Crippen molar-refractivity contribution in [1.82, 2.24) is 4.90 Å². The van der Waals surface area contributed by atoms with E-state index in [9.17, 15) is 14.4 Å². The van der Waals surface area contributed by atoms with E-state index >= 15 is 0 Å². The first-order chi connectivity index (χ1) is 12.1. The zero-order valence-corrected chi connectivity index (χ0v) is 13.8. The van der Waals surface area contributed by atoms with Gasteiger partial charge in [-0.2, -0.15) is 0 Å². The van der Waals surface area contributed by atoms with Crippen molar-refractivity contribution in [3.8, 4) is 5.75 Å². The highest BCUT2D eigenvalue weighted by molar-refractivity contribution is 6.21. The van der Waals surface area contributed by atoms with E-state index in [4.69, 9.17) is 21.1 Å². The number of nitrogens with zero attached hydrogens (tertiary/aromatic N) is 1. The number of benzene rings is 2. The maximum atomic E-state index is 12.3. The van der Waals surface area contributed by atoms with Gasteiger partial charge >= 0.3 is 6.16 Å². The molecule has 0 unspecified atom stereocenters. The molecule has 0 N–H and O–H groups in total. The van der Waals surface area contributed by atoms with Crippen LogP contribution in [-0.2, 0) is 4.74 Å². The van der Waals surface area contributed by atoms with E-state index < -0.39 is 24.1 Å². The fourth-order valence-electron chi connectivity index (χ4n) is 2.47. The van der Waals surface area contributed by atoms with Crippen LogP contribution in [0.25, 0.3) is 0 Å². The maximum Gasteiger partial charge on any atom is 0.514 e. The Hall–Kier alpha value is -2.86. The van der Waals surface area contributed by atoms with Crippen LogP contribution in [0.5, 0.6) is 5.75 Å². The van der Waals surface area contributed by atoms with Crippen LogP contribution in [0.4, 0.5) is 4.79 Å². The smallest absolute Gasteiger partial charge is 0.427 e. The minimum absolute atomic E-state index is 0.0860. The summed E-state index contributed by atoms with van der Waals surface area (Å²) < 4.78 is 10.1. The maximum absolute atomic E-state index is 12.3. The third kappa shape index (κ3) is 3.64. The van der Waals surface area contributed by atoms with E-state index in [0.717, 1.165) is 4.90 Å². The molecule has 0 aliphatic carbocycles. The third-order valence-electron chi connectivity index (χ3n) is 3.64. The molecule has 0 radical (unpaired) electrons. The van der Waals surface area contributed by atoms with Crippen molar-refractivity contribution in [1.29, 1.82) is 0 Å². The average Bonchev–Trinajstić information content (AvgIpc) is 2.87. The first-order valence-corrected chi connectivity index (χ1v) is 8.08. The summed E-state index contributed by atoms with van der Waals surface area (Å²) in [6.45, 7) is -0.139. The van der Waals surface area contributed by atoms with Gasteiger partial charge in [-0.1, -0.05) is 30.3 Å². The molecule has 1 aliphatic heterocycles. The Labute approximate surface area is 148 Å². The summed E-state index contributed by atoms with van der Waals surface area (Å²) in [6, 6.07) is 14.9. The molecule has 1 aliphatic rings. The van der Waals surface area contributed by atoms with Crippen LogP contribution < -0.4 is 4.74 Å². The van der Waals surface area contributed by atoms with Crippen LogP contribution in [0.15, 0.2) is 54.6 Å². The standard InChI is InChI=1S/C18H14ClNO5/c19-10-13(25-18(23)24-12-6-2-1-3-7-12)11-20-16(21)14-8-4-5-9-15(14)17(20)22/h1-9,13H,10-11H2/t13-/m1/s1. The molecule has 0 spiro atoms. The lowest BCUT2D eigenvalue weighted by Gasteiger charge is -2.20. The normalized spacial score (nSPS) is 14.2. The second kappa shape index (κ2) is 7.36. The van der Waals surface area contributed by atoms with Crippen molar-refractivity contribution in [3.05, 3.63) is 65.7 Å². The summed E-state index contributed by atoms with van der Waals surface area (Å²) in [5.41, 5.74) is 0.653. The van der Waals surface area contributed by atoms with Gasteiger partial charge in [-0.25, -0.2) is 4.79 Å². The summed E-state index contributed by atoms with van der Waals surface area (Å²) in [4.78, 5) is 37.5. The molecule has 0 fully saturated rings. The Balaban J connectivity index is 1.64. The SMILES string of the molecule is O=C(Oc1ccccc1)O[C@H](CCl)CN1C(=O)c2ccccc2C1=O. The highest BCUT2D eigenvalue weighted by Crippen LogP contribution is 2.23. The zero-order chi connectivity index (χ0) is 17.8. The van der Waals surface area contributed by atoms with Gasteiger partial charge in [0.1, 0.15) is 11.9 Å². The molecule has 25 heavy (non-hydrogen) atoms. The van der Waals surface area contributed by atoms with Gasteiger partial charge < -0.3 is 9.47 Å². The van der Waals surface area contributed by atoms with Gasteiger partial charge in [0.25, 0.3) is 11.8 Å². The predicted octanol–water partition coefficient (Wildman–Crippen LogP) is 3.11. The molecule has 2 aromatic rings. The molecule has 0 saturated carbocycles. The molecule has 2 aromatic carbocycles. The molecule has 1 atom stereocenters. The van der Waals surface area contributed by atoms with Gasteiger partial charge in [0.15, 0.2) is 0 Å². The number of ether oxygens (including phenoxy) is 2. The van der Waals surface area contributed by atoms with Crippen LogP contribution in [-0.4, -0.2) is 41.4 Å². The number of para-hydroxylation sites is 1. The van der Waals surface area contributed by atoms with Crippen molar-refractivity contribution in [3.63, 3.8) is 0 Å². The summed E-state index contributed by atoms with van der Waals surface area (Å²) >= 11 is 5.82. The molecule has 3 rings (SSSR count). The van der Waals surface area contributed by atoms with Gasteiger partial charge in [0, 0.05) is 0 Å². The average molecular weight is 360 g/mol. The Bertz CT molecular complexity index is 773. The number of halogens is 1. The topological polar surface area (TPSA) is 72.9 Å². The number of carbonyl (C=O) groups excluding carboxylic acids is 3. The molecule has 128 valence electrons. The number of hydrogen-bond donors (Lipinski definition) is 0. The Morgan fingerprint density at radius 2 is 1.52 bits per heavy atom. The predicted molar refractivity (Wildman–Crippen MR) is 89.9 cm³/mol. The molecule has 1 heterocycles. The van der Waals surface area contributed by atoms with Crippen molar-refractivity contribution in [2.75, 3.05) is 12.4 Å². The number of hydrogen-bond acceptors (Lipinski definition) is 5. The van der Waals surface area contributed by atoms with Crippen LogP contribution in [0.2, 0.25) is 0 Å². The molecule has 0 bridgehead atoms. The van der Waals surface area contributed by atoms with Gasteiger partial charge in [0.2, 0.25) is 0 Å². The monoisotopic (exact) mass is 359 g/mol. The van der Waals surface area contributed by atoms with E-state index in [1.165, 1.54) is 0 Å². The number of carbonyl (C=O) groups is 3. The van der Waals surface area contributed by atoms with Gasteiger partial charge in [-0.05, 0) is 24.3 Å². The van der Waals surface area contributed by atoms with Crippen molar-refractivity contribution < 1.29 is 23.9 Å². The number of amides is 2. The lowest BCUT2D eigenvalue weighted by Crippen LogP contribution is -2.40. The fourth-order valence-corrected chi connectivity index (χ4v) is 2.63. The second-order valence-corrected chi connectivity index (χ2v) is 5.63. The first-order valence-electron chi connectivity index (χ1n) is 7.55. The molecular weight excluding hydrogens is 346 g/mol. The first kappa shape index (κ1) is 17.0. The van der Waals surface area contributed by atoms with Gasteiger partial charge in [-0.3, -0.25) is 14.5 Å². The van der Waals surface area contributed by atoms with E-state index in [-0.39, 0.29) is 12.4 Å². The highest BCUT2D eigenvalue weighted by atomic mass is 35.5. The minimum Gasteiger partial charge on any atom is -0.427 e. The zero-order valence-electron chi connectivity index (χ0n) is 13.1. The Morgan fingerprint density at radius 1 is 0.960 bits per heavy atom. The second-order valence-electron chi connectivity index (χ2n) is 5.33. The van der Waals surface area contributed by atoms with E-state index in [1.54, 1.807) is 54.6 Å². The molecule has 7 heteroatoms. The summed E-state index contributed by atoms with van der Waals surface area (Å²) in [5, 5.41) is 0. The highest BCUT2D eigenvalue weighted by Gasteiger charge is 2.37. The third-order valence-corrected chi connectivity index (χ3v) is 3.99. The lowest BCUT2D eigenvalue weighted by molar-refractivity contribution is 0.0393. The van der Waals surface area contributed by atoms with E-state index in [1.807, 2.05) is 0 Å². The van der Waals surface area contributed by atoms with E-state index in [0.29, 0.717) is 16.9 Å². The summed E-state index contributed by atoms with van der Waals surface area (Å²) in [6.07, 6.45) is -1.83. The quantitative estimate of drug-likeness (QED) is 0.355. The molecule has 2 amide bonds. The largest absolute Gasteiger partial charge is 0.514 e. The van der Waals surface area contributed by atoms with Crippen molar-refractivity contribution in [2.24, 2.45) is 0 Å². The van der Waals surface area contributed by atoms with Crippen LogP contribution >= 0.6 is 11.6 Å². The molecular formula is C18H14ClNO5. The molecule has 6 nitrogen and oxygen atoms in total. The number of fused-ring (bicyclic) bond motifs is 1.